The maximum atomic E-state index is 13.5. The average Bonchev–Trinajstić information content (AvgIpc) is 2.97. The first-order valence-corrected chi connectivity index (χ1v) is 12.8. The van der Waals surface area contributed by atoms with Crippen molar-refractivity contribution in [3.05, 3.63) is 112 Å². The second-order valence-corrected chi connectivity index (χ2v) is 11.1. The number of hydrogen-bond donors (Lipinski definition) is 2. The van der Waals surface area contributed by atoms with Gasteiger partial charge in [-0.25, -0.2) is 9.89 Å². The van der Waals surface area contributed by atoms with E-state index >= 15 is 0 Å². The average molecular weight is 523 g/mol. The van der Waals surface area contributed by atoms with Gasteiger partial charge in [-0.15, -0.1) is 0 Å². The highest BCUT2D eigenvalue weighted by molar-refractivity contribution is 8.17. The number of para-hydroxylation sites is 1. The van der Waals surface area contributed by atoms with Crippen molar-refractivity contribution in [1.29, 1.82) is 0 Å². The topological polar surface area (TPSA) is 58.1 Å². The molecule has 0 unspecified atom stereocenters. The molecule has 3 aromatic rings. The van der Waals surface area contributed by atoms with Gasteiger partial charge in [-0.2, -0.15) is 13.2 Å². The molecule has 0 saturated carbocycles. The number of nitrogens with zero attached hydrogens (tertiary/aromatic N) is 1. The molecule has 2 aliphatic rings. The summed E-state index contributed by atoms with van der Waals surface area (Å²) in [7, 11) is 0. The van der Waals surface area contributed by atoms with E-state index in [1.54, 1.807) is 6.07 Å². The largest absolute Gasteiger partial charge is 0.416 e. The molecular weight excluding hydrogens is 495 g/mol. The third-order valence-corrected chi connectivity index (χ3v) is 7.79. The van der Waals surface area contributed by atoms with Crippen LogP contribution in [-0.4, -0.2) is 22.2 Å². The van der Waals surface area contributed by atoms with Crippen molar-refractivity contribution in [2.75, 3.05) is 11.9 Å². The SMILES string of the molecule is CC1(C)CC2=C(SC(=O)c3ccccc3[C@H]2c2ccc(C(F)(F)F)cc2)[N+](=C(N)Nc2ccccc2)C1. The predicted molar refractivity (Wildman–Crippen MR) is 141 cm³/mol. The normalized spacial score (nSPS) is 20.6. The number of carbonyl (C=O) groups is 1. The lowest BCUT2D eigenvalue weighted by molar-refractivity contribution is -0.488. The summed E-state index contributed by atoms with van der Waals surface area (Å²) in [6.07, 6.45) is -3.76. The Hall–Kier alpha value is -3.52. The lowest BCUT2D eigenvalue weighted by atomic mass is 9.74. The highest BCUT2D eigenvalue weighted by atomic mass is 32.2. The lowest BCUT2D eigenvalue weighted by Crippen LogP contribution is -2.42. The number of alkyl halides is 3. The van der Waals surface area contributed by atoms with E-state index in [0.29, 0.717) is 30.1 Å². The predicted octanol–water partition coefficient (Wildman–Crippen LogP) is 6.81. The molecule has 0 bridgehead atoms. The molecule has 0 spiro atoms. The van der Waals surface area contributed by atoms with Gasteiger partial charge in [-0.1, -0.05) is 68.4 Å². The molecule has 37 heavy (non-hydrogen) atoms. The van der Waals surface area contributed by atoms with Gasteiger partial charge < -0.3 is 0 Å². The van der Waals surface area contributed by atoms with Crippen molar-refractivity contribution in [3.63, 3.8) is 0 Å². The van der Waals surface area contributed by atoms with Crippen LogP contribution in [0.3, 0.4) is 0 Å². The first-order valence-electron chi connectivity index (χ1n) is 12.0. The Balaban J connectivity index is 1.71. The first kappa shape index (κ1) is 25.1. The molecule has 0 aromatic heterocycles. The van der Waals surface area contributed by atoms with E-state index in [-0.39, 0.29) is 16.4 Å². The second-order valence-electron chi connectivity index (χ2n) is 10.2. The monoisotopic (exact) mass is 522 g/mol. The van der Waals surface area contributed by atoms with Gasteiger partial charge >= 0.3 is 12.1 Å². The number of nitrogens with two attached hydrogens (primary N) is 1. The molecule has 0 fully saturated rings. The van der Waals surface area contributed by atoms with E-state index in [1.165, 1.54) is 12.1 Å². The minimum absolute atomic E-state index is 0.116. The molecule has 8 heteroatoms. The van der Waals surface area contributed by atoms with Crippen LogP contribution in [0.1, 0.15) is 53.2 Å². The van der Waals surface area contributed by atoms with Crippen molar-refractivity contribution in [1.82, 2.24) is 0 Å². The molecular formula is C29H27F3N3OS+. The van der Waals surface area contributed by atoms with Gasteiger partial charge in [-0.05, 0) is 64.6 Å². The Morgan fingerprint density at radius 3 is 2.32 bits per heavy atom. The summed E-state index contributed by atoms with van der Waals surface area (Å²) in [5, 5.41) is 3.87. The van der Waals surface area contributed by atoms with Crippen LogP contribution in [0.25, 0.3) is 0 Å². The van der Waals surface area contributed by atoms with Crippen LogP contribution in [0.15, 0.2) is 89.5 Å². The summed E-state index contributed by atoms with van der Waals surface area (Å²) in [5.41, 5.74) is 9.53. The van der Waals surface area contributed by atoms with Gasteiger partial charge in [0.05, 0.1) is 17.8 Å². The quantitative estimate of drug-likeness (QED) is 0.287. The summed E-state index contributed by atoms with van der Waals surface area (Å²) in [5.74, 6) is 0.00272. The number of carbonyl (C=O) groups excluding carboxylic acids is 1. The number of nitrogens with one attached hydrogen (secondary N) is 1. The summed E-state index contributed by atoms with van der Waals surface area (Å²) in [6.45, 7) is 4.84. The third-order valence-electron chi connectivity index (χ3n) is 6.71. The second kappa shape index (κ2) is 9.41. The van der Waals surface area contributed by atoms with Crippen LogP contribution in [0.5, 0.6) is 0 Å². The lowest BCUT2D eigenvalue weighted by Gasteiger charge is -2.36. The van der Waals surface area contributed by atoms with E-state index < -0.39 is 11.7 Å². The highest BCUT2D eigenvalue weighted by Crippen LogP contribution is 2.50. The Morgan fingerprint density at radius 2 is 1.65 bits per heavy atom. The van der Waals surface area contributed by atoms with Crippen LogP contribution < -0.4 is 11.1 Å². The third kappa shape index (κ3) is 5.03. The van der Waals surface area contributed by atoms with Gasteiger partial charge in [0.15, 0.2) is 0 Å². The van der Waals surface area contributed by atoms with E-state index in [0.717, 1.165) is 45.7 Å². The molecule has 2 aliphatic heterocycles. The van der Waals surface area contributed by atoms with Gasteiger partial charge in [0.1, 0.15) is 5.03 Å². The van der Waals surface area contributed by atoms with E-state index in [1.807, 2.05) is 53.1 Å². The van der Waals surface area contributed by atoms with Crippen molar-refractivity contribution in [2.45, 2.75) is 32.4 Å². The van der Waals surface area contributed by atoms with Crippen molar-refractivity contribution < 1.29 is 22.5 Å². The minimum Gasteiger partial charge on any atom is -0.290 e. The molecule has 3 aromatic carbocycles. The molecule has 5 rings (SSSR count). The fourth-order valence-corrected chi connectivity index (χ4v) is 6.17. The van der Waals surface area contributed by atoms with Crippen LogP contribution >= 0.6 is 11.8 Å². The number of benzene rings is 3. The summed E-state index contributed by atoms with van der Waals surface area (Å²) in [6, 6.07) is 22.2. The van der Waals surface area contributed by atoms with Gasteiger partial charge in [0.25, 0.3) is 0 Å². The molecule has 190 valence electrons. The minimum atomic E-state index is -4.42. The summed E-state index contributed by atoms with van der Waals surface area (Å²) in [4.78, 5) is 13.5. The number of anilines is 1. The van der Waals surface area contributed by atoms with Gasteiger partial charge in [0.2, 0.25) is 5.12 Å². The van der Waals surface area contributed by atoms with Crippen LogP contribution in [-0.2, 0) is 6.18 Å². The molecule has 0 radical (unpaired) electrons. The number of fused-ring (bicyclic) bond motifs is 1. The number of thioether (sulfide) groups is 1. The van der Waals surface area contributed by atoms with Crippen molar-refractivity contribution >= 4 is 28.5 Å². The molecule has 2 heterocycles. The first-order chi connectivity index (χ1) is 17.5. The number of hydrogen-bond acceptors (Lipinski definition) is 2. The molecule has 3 N–H and O–H groups in total. The van der Waals surface area contributed by atoms with Gasteiger partial charge in [0, 0.05) is 11.5 Å². The van der Waals surface area contributed by atoms with E-state index in [4.69, 9.17) is 5.73 Å². The Kier molecular flexibility index (Phi) is 6.40. The van der Waals surface area contributed by atoms with Crippen LogP contribution in [0.2, 0.25) is 0 Å². The smallest absolute Gasteiger partial charge is 0.290 e. The van der Waals surface area contributed by atoms with Crippen LogP contribution in [0, 0.1) is 5.41 Å². The fourth-order valence-electron chi connectivity index (χ4n) is 5.11. The molecule has 0 aliphatic carbocycles. The van der Waals surface area contributed by atoms with Crippen molar-refractivity contribution in [2.24, 2.45) is 11.1 Å². The molecule has 4 nitrogen and oxygen atoms in total. The van der Waals surface area contributed by atoms with Gasteiger partial charge in [-0.3, -0.25) is 10.5 Å². The maximum Gasteiger partial charge on any atom is 0.416 e. The fraction of sp³-hybridized carbons (Fsp3) is 0.241. The maximum absolute atomic E-state index is 13.5. The van der Waals surface area contributed by atoms with E-state index in [9.17, 15) is 18.0 Å². The Labute approximate surface area is 218 Å². The number of allylic oxidation sites excluding steroid dienone is 1. The zero-order valence-corrected chi connectivity index (χ0v) is 21.3. The summed E-state index contributed by atoms with van der Waals surface area (Å²) >= 11 is 1.13. The number of rotatable bonds is 2. The standard InChI is InChI=1S/C29H26F3N3OS/c1-28(2)16-23-24(18-12-14-19(15-13-18)29(30,31)32)21-10-6-7-11-22(21)26(36)37-25(23)35(17-28)27(33)34-20-8-4-3-5-9-20/h3-15,24H,16-17H2,1-2H3,(H2,33,34)/p+1/t24-/m1/s1. The molecule has 0 saturated heterocycles. The zero-order chi connectivity index (χ0) is 26.4. The van der Waals surface area contributed by atoms with Crippen LogP contribution in [0.4, 0.5) is 18.9 Å². The number of guanidine groups is 1. The van der Waals surface area contributed by atoms with Crippen molar-refractivity contribution in [3.8, 4) is 0 Å². The van der Waals surface area contributed by atoms with E-state index in [2.05, 4.69) is 19.2 Å². The number of halogens is 3. The Bertz CT molecular complexity index is 1410. The zero-order valence-electron chi connectivity index (χ0n) is 20.5. The molecule has 0 amide bonds. The molecule has 1 atom stereocenters. The Morgan fingerprint density at radius 1 is 1.00 bits per heavy atom. The highest BCUT2D eigenvalue weighted by Gasteiger charge is 2.42. The summed E-state index contributed by atoms with van der Waals surface area (Å²) < 4.78 is 41.9.